The Morgan fingerprint density at radius 1 is 1.04 bits per heavy atom. The van der Waals surface area contributed by atoms with Gasteiger partial charge in [0.05, 0.1) is 6.42 Å². The van der Waals surface area contributed by atoms with Crippen molar-refractivity contribution in [2.24, 2.45) is 0 Å². The Morgan fingerprint density at radius 3 is 2.42 bits per heavy atom. The normalized spacial score (nSPS) is 14.2. The minimum Gasteiger partial charge on any atom is -0.455 e. The molecule has 1 aliphatic rings. The van der Waals surface area contributed by atoms with Crippen molar-refractivity contribution < 1.29 is 14.3 Å². The summed E-state index contributed by atoms with van der Waals surface area (Å²) in [6, 6.07) is 13.2. The maximum Gasteiger partial charge on any atom is 0.310 e. The highest BCUT2D eigenvalue weighted by Crippen LogP contribution is 2.13. The summed E-state index contributed by atoms with van der Waals surface area (Å²) in [5.41, 5.74) is 0.856. The fourth-order valence-corrected chi connectivity index (χ4v) is 3.04. The van der Waals surface area contributed by atoms with Gasteiger partial charge in [-0.15, -0.1) is 0 Å². The molecule has 0 N–H and O–H groups in total. The first-order chi connectivity index (χ1) is 12.6. The number of amides is 1. The van der Waals surface area contributed by atoms with E-state index in [0.717, 1.165) is 28.9 Å². The summed E-state index contributed by atoms with van der Waals surface area (Å²) >= 11 is 3.35. The first-order valence-electron chi connectivity index (χ1n) is 8.45. The van der Waals surface area contributed by atoms with Crippen LogP contribution in [0.25, 0.3) is 0 Å². The second-order valence-electron chi connectivity index (χ2n) is 6.02. The Morgan fingerprint density at radius 2 is 1.77 bits per heavy atom. The lowest BCUT2D eigenvalue weighted by Gasteiger charge is -2.35. The molecule has 136 valence electrons. The van der Waals surface area contributed by atoms with E-state index in [1.807, 2.05) is 42.5 Å². The standard InChI is InChI=1S/C19H20BrN3O3/c20-16-6-4-15(5-7-16)13-19(25)26-14-18(24)23-11-9-22(10-12-23)17-3-1-2-8-21-17/h1-8H,9-14H2. The SMILES string of the molecule is O=C(Cc1ccc(Br)cc1)OCC(=O)N1CCN(c2ccccn2)CC1. The lowest BCUT2D eigenvalue weighted by atomic mass is 10.2. The van der Waals surface area contributed by atoms with Crippen LogP contribution < -0.4 is 4.90 Å². The molecule has 0 atom stereocenters. The third-order valence-electron chi connectivity index (χ3n) is 4.22. The van der Waals surface area contributed by atoms with Gasteiger partial charge in [0.25, 0.3) is 5.91 Å². The number of hydrogen-bond acceptors (Lipinski definition) is 5. The molecule has 26 heavy (non-hydrogen) atoms. The van der Waals surface area contributed by atoms with Gasteiger partial charge in [-0.2, -0.15) is 0 Å². The smallest absolute Gasteiger partial charge is 0.310 e. The van der Waals surface area contributed by atoms with Gasteiger partial charge in [-0.25, -0.2) is 4.98 Å². The molecule has 0 saturated carbocycles. The van der Waals surface area contributed by atoms with Crippen molar-refractivity contribution in [3.63, 3.8) is 0 Å². The predicted octanol–water partition coefficient (Wildman–Crippen LogP) is 2.28. The van der Waals surface area contributed by atoms with Gasteiger partial charge in [0.2, 0.25) is 0 Å². The van der Waals surface area contributed by atoms with Gasteiger partial charge in [-0.1, -0.05) is 34.1 Å². The van der Waals surface area contributed by atoms with E-state index in [9.17, 15) is 9.59 Å². The number of ether oxygens (including phenoxy) is 1. The summed E-state index contributed by atoms with van der Waals surface area (Å²) in [6.07, 6.45) is 1.92. The molecule has 6 nitrogen and oxygen atoms in total. The maximum atomic E-state index is 12.3. The molecular weight excluding hydrogens is 398 g/mol. The van der Waals surface area contributed by atoms with Crippen LogP contribution in [0.3, 0.4) is 0 Å². The molecule has 2 heterocycles. The molecule has 1 saturated heterocycles. The molecule has 0 unspecified atom stereocenters. The van der Waals surface area contributed by atoms with Gasteiger partial charge in [0.1, 0.15) is 5.82 Å². The van der Waals surface area contributed by atoms with Crippen LogP contribution in [0.5, 0.6) is 0 Å². The minimum atomic E-state index is -0.396. The van der Waals surface area contributed by atoms with Gasteiger partial charge in [-0.05, 0) is 29.8 Å². The van der Waals surface area contributed by atoms with E-state index < -0.39 is 5.97 Å². The molecule has 0 spiro atoms. The zero-order chi connectivity index (χ0) is 18.4. The molecule has 1 aromatic heterocycles. The zero-order valence-electron chi connectivity index (χ0n) is 14.3. The number of piperazine rings is 1. The molecule has 2 aromatic rings. The quantitative estimate of drug-likeness (QED) is 0.698. The molecule has 0 radical (unpaired) electrons. The molecule has 7 heteroatoms. The number of carbonyl (C=O) groups is 2. The summed E-state index contributed by atoms with van der Waals surface area (Å²) in [5, 5.41) is 0. The first kappa shape index (κ1) is 18.4. The predicted molar refractivity (Wildman–Crippen MR) is 102 cm³/mol. The fourth-order valence-electron chi connectivity index (χ4n) is 2.78. The van der Waals surface area contributed by atoms with Gasteiger partial charge in [0, 0.05) is 36.8 Å². The molecule has 0 aliphatic carbocycles. The summed E-state index contributed by atoms with van der Waals surface area (Å²) in [5.74, 6) is 0.364. The van der Waals surface area contributed by atoms with Crippen LogP contribution in [0.15, 0.2) is 53.1 Å². The van der Waals surface area contributed by atoms with Crippen LogP contribution in [0, 0.1) is 0 Å². The van der Waals surface area contributed by atoms with Crippen molar-refractivity contribution in [3.05, 3.63) is 58.7 Å². The molecule has 3 rings (SSSR count). The number of esters is 1. The van der Waals surface area contributed by atoms with Crippen molar-refractivity contribution in [3.8, 4) is 0 Å². The topological polar surface area (TPSA) is 62.7 Å². The average molecular weight is 418 g/mol. The Hall–Kier alpha value is -2.41. The molecule has 1 amide bonds. The first-order valence-corrected chi connectivity index (χ1v) is 9.25. The number of carbonyl (C=O) groups excluding carboxylic acids is 2. The second-order valence-corrected chi connectivity index (χ2v) is 6.94. The van der Waals surface area contributed by atoms with Crippen LogP contribution in [-0.2, 0) is 20.7 Å². The molecule has 1 fully saturated rings. The van der Waals surface area contributed by atoms with E-state index in [1.54, 1.807) is 11.1 Å². The van der Waals surface area contributed by atoms with Crippen molar-refractivity contribution in [1.29, 1.82) is 0 Å². The number of rotatable bonds is 5. The summed E-state index contributed by atoms with van der Waals surface area (Å²) in [4.78, 5) is 32.3. The van der Waals surface area contributed by atoms with Crippen LogP contribution in [0.1, 0.15) is 5.56 Å². The summed E-state index contributed by atoms with van der Waals surface area (Å²) in [7, 11) is 0. The van der Waals surface area contributed by atoms with E-state index in [4.69, 9.17) is 4.74 Å². The lowest BCUT2D eigenvalue weighted by Crippen LogP contribution is -2.50. The molecular formula is C19H20BrN3O3. The van der Waals surface area contributed by atoms with Crippen LogP contribution in [-0.4, -0.2) is 54.5 Å². The van der Waals surface area contributed by atoms with Gasteiger partial charge >= 0.3 is 5.97 Å². The number of anilines is 1. The van der Waals surface area contributed by atoms with Crippen LogP contribution >= 0.6 is 15.9 Å². The Bertz CT molecular complexity index is 744. The zero-order valence-corrected chi connectivity index (χ0v) is 15.9. The average Bonchev–Trinajstić information content (AvgIpc) is 2.69. The minimum absolute atomic E-state index is 0.158. The Balaban J connectivity index is 1.41. The van der Waals surface area contributed by atoms with E-state index in [0.29, 0.717) is 13.1 Å². The number of aromatic nitrogens is 1. The third kappa shape index (κ3) is 5.05. The highest BCUT2D eigenvalue weighted by atomic mass is 79.9. The summed E-state index contributed by atoms with van der Waals surface area (Å²) in [6.45, 7) is 2.42. The number of benzene rings is 1. The van der Waals surface area contributed by atoms with Crippen molar-refractivity contribution in [2.45, 2.75) is 6.42 Å². The van der Waals surface area contributed by atoms with Gasteiger partial charge < -0.3 is 14.5 Å². The van der Waals surface area contributed by atoms with E-state index in [-0.39, 0.29) is 18.9 Å². The van der Waals surface area contributed by atoms with Crippen molar-refractivity contribution in [2.75, 3.05) is 37.7 Å². The largest absolute Gasteiger partial charge is 0.455 e. The second kappa shape index (κ2) is 8.80. The monoisotopic (exact) mass is 417 g/mol. The molecule has 0 bridgehead atoms. The maximum absolute atomic E-state index is 12.3. The van der Waals surface area contributed by atoms with E-state index in [1.165, 1.54) is 0 Å². The van der Waals surface area contributed by atoms with Gasteiger partial charge in [0.15, 0.2) is 6.61 Å². The Kier molecular flexibility index (Phi) is 6.22. The fraction of sp³-hybridized carbons (Fsp3) is 0.316. The lowest BCUT2D eigenvalue weighted by molar-refractivity contribution is -0.151. The third-order valence-corrected chi connectivity index (χ3v) is 4.75. The highest BCUT2D eigenvalue weighted by Gasteiger charge is 2.22. The van der Waals surface area contributed by atoms with E-state index in [2.05, 4.69) is 25.8 Å². The Labute approximate surface area is 160 Å². The number of halogens is 1. The van der Waals surface area contributed by atoms with Crippen molar-refractivity contribution in [1.82, 2.24) is 9.88 Å². The van der Waals surface area contributed by atoms with Gasteiger partial charge in [-0.3, -0.25) is 9.59 Å². The van der Waals surface area contributed by atoms with Crippen LogP contribution in [0.2, 0.25) is 0 Å². The van der Waals surface area contributed by atoms with Crippen molar-refractivity contribution >= 4 is 33.6 Å². The van der Waals surface area contributed by atoms with E-state index >= 15 is 0 Å². The molecule has 1 aromatic carbocycles. The summed E-state index contributed by atoms with van der Waals surface area (Å²) < 4.78 is 6.09. The number of nitrogens with zero attached hydrogens (tertiary/aromatic N) is 3. The number of hydrogen-bond donors (Lipinski definition) is 0. The number of pyridine rings is 1. The molecule has 1 aliphatic heterocycles. The van der Waals surface area contributed by atoms with Crippen LogP contribution in [0.4, 0.5) is 5.82 Å². The highest BCUT2D eigenvalue weighted by molar-refractivity contribution is 9.10.